The third-order valence-electron chi connectivity index (χ3n) is 1.93. The first-order valence-electron chi connectivity index (χ1n) is 4.23. The van der Waals surface area contributed by atoms with E-state index in [1.165, 1.54) is 0 Å². The smallest absolute Gasteiger partial charge is 0.389 e. The number of alkyl halides is 3. The van der Waals surface area contributed by atoms with Crippen molar-refractivity contribution in [3.8, 4) is 0 Å². The van der Waals surface area contributed by atoms with Gasteiger partial charge in [-0.1, -0.05) is 0 Å². The lowest BCUT2D eigenvalue weighted by Gasteiger charge is -2.25. The van der Waals surface area contributed by atoms with E-state index in [4.69, 9.17) is 0 Å². The average molecular weight is 196 g/mol. The van der Waals surface area contributed by atoms with E-state index < -0.39 is 12.6 Å². The molecular formula is C8H11F3O2. The molecule has 1 atom stereocenters. The summed E-state index contributed by atoms with van der Waals surface area (Å²) < 4.78 is 39.6. The number of cyclic esters (lactones) is 1. The van der Waals surface area contributed by atoms with Crippen LogP contribution in [0, 0.1) is 0 Å². The van der Waals surface area contributed by atoms with Crippen LogP contribution in [0.5, 0.6) is 0 Å². The summed E-state index contributed by atoms with van der Waals surface area (Å²) in [6.07, 6.45) is -3.41. The molecule has 1 saturated heterocycles. The van der Waals surface area contributed by atoms with Crippen LogP contribution in [-0.2, 0) is 9.53 Å². The van der Waals surface area contributed by atoms with Gasteiger partial charge in [0.25, 0.3) is 0 Å². The minimum Gasteiger partial charge on any atom is -0.462 e. The molecule has 0 aromatic heterocycles. The third-order valence-corrected chi connectivity index (χ3v) is 1.93. The third kappa shape index (κ3) is 4.15. The summed E-state index contributed by atoms with van der Waals surface area (Å²) in [6.45, 7) is 0. The monoisotopic (exact) mass is 196 g/mol. The van der Waals surface area contributed by atoms with Crippen molar-refractivity contribution in [2.75, 3.05) is 0 Å². The molecule has 0 aromatic rings. The zero-order valence-electron chi connectivity index (χ0n) is 7.06. The van der Waals surface area contributed by atoms with E-state index >= 15 is 0 Å². The highest BCUT2D eigenvalue weighted by Gasteiger charge is 2.29. The summed E-state index contributed by atoms with van der Waals surface area (Å²) in [5.41, 5.74) is 0. The standard InChI is InChI=1S/C8H11F3O2/c9-8(10,11)4-2-1-3-6-5-7(12)13-6/h6H,1-5H2. The normalized spacial score (nSPS) is 22.4. The highest BCUT2D eigenvalue weighted by Crippen LogP contribution is 2.25. The van der Waals surface area contributed by atoms with Crippen molar-refractivity contribution in [2.45, 2.75) is 44.4 Å². The van der Waals surface area contributed by atoms with Crippen molar-refractivity contribution in [1.29, 1.82) is 0 Å². The second kappa shape index (κ2) is 3.98. The maximum atomic E-state index is 11.7. The molecule has 0 bridgehead atoms. The van der Waals surface area contributed by atoms with E-state index in [1.54, 1.807) is 0 Å². The van der Waals surface area contributed by atoms with Crippen LogP contribution in [0.3, 0.4) is 0 Å². The Morgan fingerprint density at radius 2 is 2.00 bits per heavy atom. The quantitative estimate of drug-likeness (QED) is 0.509. The fourth-order valence-electron chi connectivity index (χ4n) is 1.22. The van der Waals surface area contributed by atoms with Crippen molar-refractivity contribution in [3.05, 3.63) is 0 Å². The second-order valence-electron chi connectivity index (χ2n) is 3.18. The molecular weight excluding hydrogens is 185 g/mol. The number of ether oxygens (including phenoxy) is 1. The molecule has 0 aliphatic carbocycles. The lowest BCUT2D eigenvalue weighted by atomic mass is 10.0. The summed E-state index contributed by atoms with van der Waals surface area (Å²) in [6, 6.07) is 0. The lowest BCUT2D eigenvalue weighted by molar-refractivity contribution is -0.170. The van der Waals surface area contributed by atoms with Gasteiger partial charge >= 0.3 is 12.1 Å². The number of esters is 1. The lowest BCUT2D eigenvalue weighted by Crippen LogP contribution is -2.32. The zero-order chi connectivity index (χ0) is 9.90. The minimum atomic E-state index is -4.06. The molecule has 0 N–H and O–H groups in total. The number of carbonyl (C=O) groups excluding carboxylic acids is 1. The second-order valence-corrected chi connectivity index (χ2v) is 3.18. The number of halogens is 3. The van der Waals surface area contributed by atoms with Gasteiger partial charge in [0.2, 0.25) is 0 Å². The molecule has 1 rings (SSSR count). The Bertz CT molecular complexity index is 180. The van der Waals surface area contributed by atoms with E-state index in [2.05, 4.69) is 4.74 Å². The first kappa shape index (κ1) is 10.3. The Balaban J connectivity index is 1.93. The van der Waals surface area contributed by atoms with Crippen LogP contribution in [0.1, 0.15) is 32.1 Å². The van der Waals surface area contributed by atoms with Gasteiger partial charge in [-0.15, -0.1) is 0 Å². The van der Waals surface area contributed by atoms with Gasteiger partial charge in [0.15, 0.2) is 0 Å². The minimum absolute atomic E-state index is 0.123. The van der Waals surface area contributed by atoms with E-state index in [1.807, 2.05) is 0 Å². The van der Waals surface area contributed by atoms with Gasteiger partial charge in [-0.3, -0.25) is 4.79 Å². The summed E-state index contributed by atoms with van der Waals surface area (Å²) in [4.78, 5) is 10.3. The first-order chi connectivity index (χ1) is 5.97. The molecule has 1 aliphatic heterocycles. The molecule has 0 spiro atoms. The molecule has 2 nitrogen and oxygen atoms in total. The summed E-state index contributed by atoms with van der Waals surface area (Å²) >= 11 is 0. The first-order valence-corrected chi connectivity index (χ1v) is 4.23. The predicted molar refractivity (Wildman–Crippen MR) is 39.0 cm³/mol. The molecule has 1 heterocycles. The number of hydrogen-bond donors (Lipinski definition) is 0. The van der Waals surface area contributed by atoms with Gasteiger partial charge in [-0.2, -0.15) is 13.2 Å². The van der Waals surface area contributed by atoms with E-state index in [9.17, 15) is 18.0 Å². The van der Waals surface area contributed by atoms with Gasteiger partial charge in [-0.05, 0) is 19.3 Å². The molecule has 76 valence electrons. The van der Waals surface area contributed by atoms with Crippen LogP contribution in [0.2, 0.25) is 0 Å². The average Bonchev–Trinajstić information content (AvgIpc) is 1.91. The highest BCUT2D eigenvalue weighted by molar-refractivity contribution is 5.75. The Labute approximate surface area is 74.1 Å². The molecule has 1 fully saturated rings. The van der Waals surface area contributed by atoms with Gasteiger partial charge in [-0.25, -0.2) is 0 Å². The van der Waals surface area contributed by atoms with Gasteiger partial charge in [0.1, 0.15) is 6.10 Å². The summed E-state index contributed by atoms with van der Waals surface area (Å²) in [5, 5.41) is 0. The Kier molecular flexibility index (Phi) is 3.17. The van der Waals surface area contributed by atoms with Crippen LogP contribution in [-0.4, -0.2) is 18.2 Å². The van der Waals surface area contributed by atoms with Crippen LogP contribution < -0.4 is 0 Å². The fraction of sp³-hybridized carbons (Fsp3) is 0.875. The van der Waals surface area contributed by atoms with Gasteiger partial charge < -0.3 is 4.74 Å². The number of unbranched alkanes of at least 4 members (excludes halogenated alkanes) is 1. The number of rotatable bonds is 4. The topological polar surface area (TPSA) is 26.3 Å². The number of hydrogen-bond acceptors (Lipinski definition) is 2. The van der Waals surface area contributed by atoms with Gasteiger partial charge in [0.05, 0.1) is 6.42 Å². The maximum absolute atomic E-state index is 11.7. The maximum Gasteiger partial charge on any atom is 0.389 e. The Morgan fingerprint density at radius 1 is 1.38 bits per heavy atom. The van der Waals surface area contributed by atoms with Crippen molar-refractivity contribution in [3.63, 3.8) is 0 Å². The molecule has 0 aromatic carbocycles. The SMILES string of the molecule is O=C1CC(CCCCC(F)(F)F)O1. The number of carbonyl (C=O) groups is 1. The van der Waals surface area contributed by atoms with Gasteiger partial charge in [0, 0.05) is 6.42 Å². The highest BCUT2D eigenvalue weighted by atomic mass is 19.4. The molecule has 0 amide bonds. The van der Waals surface area contributed by atoms with E-state index in [-0.39, 0.29) is 18.5 Å². The molecule has 1 aliphatic rings. The summed E-state index contributed by atoms with van der Waals surface area (Å²) in [7, 11) is 0. The van der Waals surface area contributed by atoms with Crippen LogP contribution in [0.4, 0.5) is 13.2 Å². The molecule has 0 radical (unpaired) electrons. The van der Waals surface area contributed by atoms with Crippen molar-refractivity contribution in [1.82, 2.24) is 0 Å². The van der Waals surface area contributed by atoms with Crippen molar-refractivity contribution in [2.24, 2.45) is 0 Å². The van der Waals surface area contributed by atoms with Crippen LogP contribution in [0.25, 0.3) is 0 Å². The Hall–Kier alpha value is -0.740. The summed E-state index contributed by atoms with van der Waals surface area (Å²) in [5.74, 6) is -0.249. The predicted octanol–water partition coefficient (Wildman–Crippen LogP) is 2.42. The van der Waals surface area contributed by atoms with Crippen molar-refractivity contribution >= 4 is 5.97 Å². The molecule has 13 heavy (non-hydrogen) atoms. The van der Waals surface area contributed by atoms with E-state index in [0.29, 0.717) is 19.3 Å². The fourth-order valence-corrected chi connectivity index (χ4v) is 1.22. The zero-order valence-corrected chi connectivity index (χ0v) is 7.06. The largest absolute Gasteiger partial charge is 0.462 e. The molecule has 0 saturated carbocycles. The molecule has 1 unspecified atom stereocenters. The van der Waals surface area contributed by atoms with Crippen LogP contribution in [0.15, 0.2) is 0 Å². The molecule has 5 heteroatoms. The van der Waals surface area contributed by atoms with Crippen molar-refractivity contribution < 1.29 is 22.7 Å². The Morgan fingerprint density at radius 3 is 2.46 bits per heavy atom. The van der Waals surface area contributed by atoms with Crippen LogP contribution >= 0.6 is 0 Å². The van der Waals surface area contributed by atoms with E-state index in [0.717, 1.165) is 0 Å².